The summed E-state index contributed by atoms with van der Waals surface area (Å²) in [5, 5.41) is 3.10. The molecule has 3 aromatic heterocycles. The lowest BCUT2D eigenvalue weighted by atomic mass is 10.3. The number of nitrogens with zero attached hydrogens (tertiary/aromatic N) is 7. The molecule has 0 bridgehead atoms. The third kappa shape index (κ3) is 3.87. The van der Waals surface area contributed by atoms with Crippen molar-refractivity contribution in [1.82, 2.24) is 29.5 Å². The normalized spacial score (nSPS) is 14.4. The van der Waals surface area contributed by atoms with Crippen LogP contribution < -0.4 is 10.2 Å². The topological polar surface area (TPSA) is 93.9 Å². The monoisotopic (exact) mass is 424 g/mol. The highest BCUT2D eigenvalue weighted by atomic mass is 19.3. The van der Waals surface area contributed by atoms with Gasteiger partial charge in [-0.3, -0.25) is 9.55 Å². The summed E-state index contributed by atoms with van der Waals surface area (Å²) in [5.74, 6) is 0.255. The summed E-state index contributed by atoms with van der Waals surface area (Å²) in [6.07, 6.45) is 0.463. The Morgan fingerprint density at radius 2 is 1.65 bits per heavy atom. The van der Waals surface area contributed by atoms with Crippen LogP contribution in [0.2, 0.25) is 0 Å². The third-order valence-corrected chi connectivity index (χ3v) is 4.82. The molecule has 31 heavy (non-hydrogen) atoms. The number of rotatable bonds is 5. The molecule has 1 aliphatic heterocycles. The Hall–Kier alpha value is -3.73. The minimum atomic E-state index is -2.80. The lowest BCUT2D eigenvalue weighted by Gasteiger charge is -2.27. The maximum atomic E-state index is 13.8. The number of fused-ring (bicyclic) bond motifs is 1. The first kappa shape index (κ1) is 19.2. The van der Waals surface area contributed by atoms with Gasteiger partial charge in [-0.1, -0.05) is 12.1 Å². The van der Waals surface area contributed by atoms with E-state index in [0.29, 0.717) is 49.0 Å². The zero-order valence-electron chi connectivity index (χ0n) is 16.3. The Morgan fingerprint density at radius 3 is 2.42 bits per heavy atom. The van der Waals surface area contributed by atoms with Crippen LogP contribution in [-0.4, -0.2) is 55.8 Å². The molecule has 4 heterocycles. The first-order chi connectivity index (χ1) is 15.2. The largest absolute Gasteiger partial charge is 0.378 e. The highest BCUT2D eigenvalue weighted by molar-refractivity contribution is 5.77. The van der Waals surface area contributed by atoms with Crippen LogP contribution in [0.5, 0.6) is 0 Å². The molecule has 0 unspecified atom stereocenters. The molecule has 0 amide bonds. The number of para-hydroxylation sites is 2. The summed E-state index contributed by atoms with van der Waals surface area (Å²) in [6.45, 7) is 2.24. The molecule has 0 aliphatic carbocycles. The molecule has 1 saturated heterocycles. The molecule has 11 heteroatoms. The van der Waals surface area contributed by atoms with Crippen LogP contribution in [0.3, 0.4) is 0 Å². The van der Waals surface area contributed by atoms with Crippen molar-refractivity contribution < 1.29 is 13.5 Å². The molecule has 158 valence electrons. The number of pyridine rings is 1. The van der Waals surface area contributed by atoms with Crippen molar-refractivity contribution in [3.63, 3.8) is 0 Å². The fourth-order valence-electron chi connectivity index (χ4n) is 3.38. The van der Waals surface area contributed by atoms with Crippen LogP contribution in [0, 0.1) is 0 Å². The minimum Gasteiger partial charge on any atom is -0.378 e. The molecule has 0 spiro atoms. The van der Waals surface area contributed by atoms with Gasteiger partial charge in [0.2, 0.25) is 17.8 Å². The zero-order valence-corrected chi connectivity index (χ0v) is 16.3. The van der Waals surface area contributed by atoms with Gasteiger partial charge >= 0.3 is 0 Å². The third-order valence-electron chi connectivity index (χ3n) is 4.82. The van der Waals surface area contributed by atoms with Crippen LogP contribution in [0.1, 0.15) is 12.2 Å². The molecular weight excluding hydrogens is 406 g/mol. The minimum absolute atomic E-state index is 0.0667. The highest BCUT2D eigenvalue weighted by Crippen LogP contribution is 2.28. The van der Waals surface area contributed by atoms with Crippen molar-refractivity contribution in [2.24, 2.45) is 0 Å². The van der Waals surface area contributed by atoms with Gasteiger partial charge in [0.15, 0.2) is 5.82 Å². The van der Waals surface area contributed by atoms with E-state index in [0.717, 1.165) is 0 Å². The molecule has 1 aromatic carbocycles. The van der Waals surface area contributed by atoms with Crippen molar-refractivity contribution in [1.29, 1.82) is 0 Å². The maximum Gasteiger partial charge on any atom is 0.296 e. The van der Waals surface area contributed by atoms with Gasteiger partial charge in [0, 0.05) is 31.2 Å². The number of benzene rings is 1. The average Bonchev–Trinajstić information content (AvgIpc) is 3.20. The van der Waals surface area contributed by atoms with Crippen molar-refractivity contribution in [2.75, 3.05) is 36.5 Å². The SMILES string of the molecule is FC(F)c1nc2ccccc2n1-c1nc(Nc2ccncc2)nc(N2CCOCC2)n1. The van der Waals surface area contributed by atoms with E-state index in [9.17, 15) is 8.78 Å². The van der Waals surface area contributed by atoms with Gasteiger partial charge in [-0.15, -0.1) is 0 Å². The number of imidazole rings is 1. The summed E-state index contributed by atoms with van der Waals surface area (Å²) in [6, 6.07) is 10.4. The van der Waals surface area contributed by atoms with Crippen molar-refractivity contribution in [3.05, 3.63) is 54.6 Å². The zero-order chi connectivity index (χ0) is 21.2. The van der Waals surface area contributed by atoms with Gasteiger partial charge in [-0.2, -0.15) is 15.0 Å². The number of anilines is 3. The van der Waals surface area contributed by atoms with Gasteiger partial charge in [0.1, 0.15) is 0 Å². The van der Waals surface area contributed by atoms with Crippen LogP contribution in [0.4, 0.5) is 26.4 Å². The van der Waals surface area contributed by atoms with Crippen LogP contribution >= 0.6 is 0 Å². The van der Waals surface area contributed by atoms with Crippen LogP contribution in [0.15, 0.2) is 48.8 Å². The highest BCUT2D eigenvalue weighted by Gasteiger charge is 2.24. The Morgan fingerprint density at radius 1 is 0.903 bits per heavy atom. The van der Waals surface area contributed by atoms with Gasteiger partial charge in [0.25, 0.3) is 6.43 Å². The summed E-state index contributed by atoms with van der Waals surface area (Å²) < 4.78 is 34.4. The predicted molar refractivity (Wildman–Crippen MR) is 110 cm³/mol. The molecule has 0 saturated carbocycles. The van der Waals surface area contributed by atoms with Gasteiger partial charge in [-0.05, 0) is 24.3 Å². The van der Waals surface area contributed by atoms with Crippen molar-refractivity contribution >= 4 is 28.6 Å². The number of alkyl halides is 2. The van der Waals surface area contributed by atoms with Gasteiger partial charge in [0.05, 0.1) is 24.2 Å². The summed E-state index contributed by atoms with van der Waals surface area (Å²) >= 11 is 0. The van der Waals surface area contributed by atoms with Gasteiger partial charge in [-0.25, -0.2) is 13.8 Å². The van der Waals surface area contributed by atoms with E-state index in [-0.39, 0.29) is 11.9 Å². The molecule has 4 aromatic rings. The van der Waals surface area contributed by atoms with E-state index in [1.807, 2.05) is 4.90 Å². The van der Waals surface area contributed by atoms with E-state index in [2.05, 4.69) is 30.2 Å². The van der Waals surface area contributed by atoms with E-state index in [1.54, 1.807) is 48.8 Å². The van der Waals surface area contributed by atoms with Gasteiger partial charge < -0.3 is 15.0 Å². The van der Waals surface area contributed by atoms with Crippen LogP contribution in [0.25, 0.3) is 17.0 Å². The molecule has 1 N–H and O–H groups in total. The first-order valence-corrected chi connectivity index (χ1v) is 9.71. The predicted octanol–water partition coefficient (Wildman–Crippen LogP) is 3.12. The number of hydrogen-bond donors (Lipinski definition) is 1. The summed E-state index contributed by atoms with van der Waals surface area (Å²) in [5.41, 5.74) is 1.64. The number of halogens is 2. The molecule has 0 radical (unpaired) electrons. The Kier molecular flexibility index (Phi) is 5.08. The van der Waals surface area contributed by atoms with E-state index < -0.39 is 12.2 Å². The number of hydrogen-bond acceptors (Lipinski definition) is 8. The Labute approximate surface area is 175 Å². The fraction of sp³-hybridized carbons (Fsp3) is 0.250. The molecular formula is C20H18F2N8O. The summed E-state index contributed by atoms with van der Waals surface area (Å²) in [7, 11) is 0. The Bertz CT molecular complexity index is 1190. The van der Waals surface area contributed by atoms with E-state index in [4.69, 9.17) is 4.74 Å². The molecule has 9 nitrogen and oxygen atoms in total. The second-order valence-electron chi connectivity index (χ2n) is 6.81. The second-order valence-corrected chi connectivity index (χ2v) is 6.81. The fourth-order valence-corrected chi connectivity index (χ4v) is 3.38. The number of aromatic nitrogens is 6. The summed E-state index contributed by atoms with van der Waals surface area (Å²) in [4.78, 5) is 23.5. The van der Waals surface area contributed by atoms with Crippen LogP contribution in [-0.2, 0) is 4.74 Å². The lowest BCUT2D eigenvalue weighted by Crippen LogP contribution is -2.37. The molecule has 1 aliphatic rings. The maximum absolute atomic E-state index is 13.8. The average molecular weight is 424 g/mol. The smallest absolute Gasteiger partial charge is 0.296 e. The molecule has 1 fully saturated rings. The quantitative estimate of drug-likeness (QED) is 0.522. The molecule has 5 rings (SSSR count). The standard InChI is InChI=1S/C20H18F2N8O/c21-16(22)17-25-14-3-1-2-4-15(14)30(17)20-27-18(24-13-5-7-23-8-6-13)26-19(28-20)29-9-11-31-12-10-29/h1-8,16H,9-12H2,(H,23,24,26,27,28). The number of ether oxygens (including phenoxy) is 1. The second kappa shape index (κ2) is 8.19. The Balaban J connectivity index is 1.66. The van der Waals surface area contributed by atoms with Crippen molar-refractivity contribution in [3.8, 4) is 5.95 Å². The number of nitrogens with one attached hydrogen (secondary N) is 1. The lowest BCUT2D eigenvalue weighted by molar-refractivity contribution is 0.122. The van der Waals surface area contributed by atoms with Crippen molar-refractivity contribution in [2.45, 2.75) is 6.43 Å². The molecule has 0 atom stereocenters. The van der Waals surface area contributed by atoms with E-state index in [1.165, 1.54) is 4.57 Å². The van der Waals surface area contributed by atoms with E-state index >= 15 is 0 Å². The number of morpholine rings is 1. The first-order valence-electron chi connectivity index (χ1n) is 9.71.